The molecule has 0 saturated carbocycles. The van der Waals surface area contributed by atoms with E-state index < -0.39 is 17.7 Å². The van der Waals surface area contributed by atoms with Gasteiger partial charge in [-0.05, 0) is 49.7 Å². The van der Waals surface area contributed by atoms with Crippen LogP contribution in [-0.2, 0) is 22.3 Å². The first-order valence-electron chi connectivity index (χ1n) is 9.64. The number of alkyl halides is 3. The molecule has 3 rings (SSSR count). The van der Waals surface area contributed by atoms with Gasteiger partial charge < -0.3 is 15.0 Å². The summed E-state index contributed by atoms with van der Waals surface area (Å²) in [6.07, 6.45) is -4.47. The molecule has 0 spiro atoms. The van der Waals surface area contributed by atoms with Crippen molar-refractivity contribution in [2.24, 2.45) is 5.92 Å². The summed E-state index contributed by atoms with van der Waals surface area (Å²) >= 11 is 0. The Morgan fingerprint density at radius 3 is 2.53 bits per heavy atom. The first-order chi connectivity index (χ1) is 14.1. The number of amides is 2. The average Bonchev–Trinajstić information content (AvgIpc) is 3.08. The number of benzene rings is 2. The number of hydrogen-bond donors (Lipinski definition) is 1. The summed E-state index contributed by atoms with van der Waals surface area (Å²) in [6, 6.07) is 11.9. The summed E-state index contributed by atoms with van der Waals surface area (Å²) in [5.74, 6) is -0.557. The number of rotatable bonds is 6. The summed E-state index contributed by atoms with van der Waals surface area (Å²) < 4.78 is 44.4. The quantitative estimate of drug-likeness (QED) is 0.764. The van der Waals surface area contributed by atoms with Crippen LogP contribution in [0.15, 0.2) is 48.5 Å². The van der Waals surface area contributed by atoms with Crippen molar-refractivity contribution in [3.8, 4) is 5.75 Å². The summed E-state index contributed by atoms with van der Waals surface area (Å²) in [5, 5.41) is 2.79. The third kappa shape index (κ3) is 5.31. The predicted molar refractivity (Wildman–Crippen MR) is 106 cm³/mol. The Balaban J connectivity index is 1.59. The van der Waals surface area contributed by atoms with Gasteiger partial charge in [-0.1, -0.05) is 18.2 Å². The molecular formula is C22H23F3N2O3. The minimum atomic E-state index is -4.49. The van der Waals surface area contributed by atoms with Gasteiger partial charge in [-0.3, -0.25) is 9.59 Å². The molecule has 2 aromatic rings. The molecule has 0 radical (unpaired) electrons. The number of halogens is 3. The van der Waals surface area contributed by atoms with Gasteiger partial charge in [-0.25, -0.2) is 0 Å². The van der Waals surface area contributed by atoms with Crippen molar-refractivity contribution in [2.45, 2.75) is 39.1 Å². The normalized spacial score (nSPS) is 16.8. The van der Waals surface area contributed by atoms with Gasteiger partial charge in [-0.15, -0.1) is 0 Å². The van der Waals surface area contributed by atoms with Crippen molar-refractivity contribution in [3.63, 3.8) is 0 Å². The Morgan fingerprint density at radius 2 is 1.90 bits per heavy atom. The van der Waals surface area contributed by atoms with E-state index in [0.29, 0.717) is 0 Å². The van der Waals surface area contributed by atoms with E-state index in [0.717, 1.165) is 23.4 Å². The number of anilines is 1. The van der Waals surface area contributed by atoms with Gasteiger partial charge in [0, 0.05) is 25.2 Å². The molecule has 1 atom stereocenters. The highest BCUT2D eigenvalue weighted by Gasteiger charge is 2.36. The number of carbonyl (C=O) groups is 2. The van der Waals surface area contributed by atoms with Crippen LogP contribution in [0.2, 0.25) is 0 Å². The fraction of sp³-hybridized carbons (Fsp3) is 0.364. The monoisotopic (exact) mass is 420 g/mol. The highest BCUT2D eigenvalue weighted by molar-refractivity contribution is 6.00. The molecule has 0 unspecified atom stereocenters. The standard InChI is InChI=1S/C22H23F3N2O3/c1-14(2)30-19-8-6-15(7-9-19)12-26-21(29)16-10-20(28)27(13-16)18-5-3-4-17(11-18)22(23,24)25/h3-9,11,14,16H,10,12-13H2,1-2H3,(H,26,29)/t16-/m1/s1. The Bertz CT molecular complexity index is 911. The average molecular weight is 420 g/mol. The second-order valence-electron chi connectivity index (χ2n) is 7.48. The lowest BCUT2D eigenvalue weighted by Crippen LogP contribution is -2.32. The van der Waals surface area contributed by atoms with Crippen molar-refractivity contribution in [3.05, 3.63) is 59.7 Å². The zero-order chi connectivity index (χ0) is 21.9. The molecule has 30 heavy (non-hydrogen) atoms. The molecule has 0 aliphatic carbocycles. The molecule has 1 aliphatic rings. The molecule has 1 fully saturated rings. The fourth-order valence-electron chi connectivity index (χ4n) is 3.27. The molecule has 2 amide bonds. The molecule has 160 valence electrons. The topological polar surface area (TPSA) is 58.6 Å². The minimum Gasteiger partial charge on any atom is -0.491 e. The smallest absolute Gasteiger partial charge is 0.416 e. The highest BCUT2D eigenvalue weighted by atomic mass is 19.4. The molecule has 0 aromatic heterocycles. The number of carbonyl (C=O) groups excluding carboxylic acids is 2. The Hall–Kier alpha value is -3.03. The van der Waals surface area contributed by atoms with Gasteiger partial charge in [-0.2, -0.15) is 13.2 Å². The molecule has 2 aromatic carbocycles. The SMILES string of the molecule is CC(C)Oc1ccc(CNC(=O)[C@@H]2CC(=O)N(c3cccc(C(F)(F)F)c3)C2)cc1. The van der Waals surface area contributed by atoms with Gasteiger partial charge in [0.15, 0.2) is 0 Å². The first-order valence-corrected chi connectivity index (χ1v) is 9.64. The van der Waals surface area contributed by atoms with Crippen LogP contribution in [0.3, 0.4) is 0 Å². The third-order valence-corrected chi connectivity index (χ3v) is 4.74. The molecule has 8 heteroatoms. The molecule has 1 N–H and O–H groups in total. The van der Waals surface area contributed by atoms with Crippen LogP contribution in [0, 0.1) is 5.92 Å². The van der Waals surface area contributed by atoms with Crippen molar-refractivity contribution >= 4 is 17.5 Å². The van der Waals surface area contributed by atoms with E-state index in [4.69, 9.17) is 4.74 Å². The summed E-state index contributed by atoms with van der Waals surface area (Å²) in [6.45, 7) is 4.20. The number of ether oxygens (including phenoxy) is 1. The van der Waals surface area contributed by atoms with E-state index in [1.807, 2.05) is 38.1 Å². The van der Waals surface area contributed by atoms with Crippen molar-refractivity contribution < 1.29 is 27.5 Å². The van der Waals surface area contributed by atoms with Crippen LogP contribution in [0.1, 0.15) is 31.4 Å². The molecule has 1 heterocycles. The fourth-order valence-corrected chi connectivity index (χ4v) is 3.27. The second-order valence-corrected chi connectivity index (χ2v) is 7.48. The van der Waals surface area contributed by atoms with Crippen molar-refractivity contribution in [1.82, 2.24) is 5.32 Å². The Kier molecular flexibility index (Phi) is 6.34. The van der Waals surface area contributed by atoms with Gasteiger partial charge in [0.25, 0.3) is 0 Å². The molecule has 1 aliphatic heterocycles. The molecule has 5 nitrogen and oxygen atoms in total. The highest BCUT2D eigenvalue weighted by Crippen LogP contribution is 2.33. The van der Waals surface area contributed by atoms with Crippen LogP contribution in [-0.4, -0.2) is 24.5 Å². The van der Waals surface area contributed by atoms with E-state index in [9.17, 15) is 22.8 Å². The summed E-state index contributed by atoms with van der Waals surface area (Å²) in [5.41, 5.74) is 0.190. The van der Waals surface area contributed by atoms with Gasteiger partial charge in [0.1, 0.15) is 5.75 Å². The number of nitrogens with one attached hydrogen (secondary N) is 1. The van der Waals surface area contributed by atoms with Crippen LogP contribution < -0.4 is 15.0 Å². The lowest BCUT2D eigenvalue weighted by molar-refractivity contribution is -0.137. The van der Waals surface area contributed by atoms with Crippen LogP contribution in [0.5, 0.6) is 5.75 Å². The zero-order valence-corrected chi connectivity index (χ0v) is 16.7. The largest absolute Gasteiger partial charge is 0.491 e. The van der Waals surface area contributed by atoms with E-state index in [2.05, 4.69) is 5.32 Å². The van der Waals surface area contributed by atoms with E-state index in [1.54, 1.807) is 0 Å². The summed E-state index contributed by atoms with van der Waals surface area (Å²) in [7, 11) is 0. The molecule has 0 bridgehead atoms. The third-order valence-electron chi connectivity index (χ3n) is 4.74. The lowest BCUT2D eigenvalue weighted by Gasteiger charge is -2.18. The van der Waals surface area contributed by atoms with E-state index in [-0.39, 0.29) is 43.1 Å². The van der Waals surface area contributed by atoms with Gasteiger partial charge >= 0.3 is 6.18 Å². The number of nitrogens with zero attached hydrogens (tertiary/aromatic N) is 1. The summed E-state index contributed by atoms with van der Waals surface area (Å²) in [4.78, 5) is 26.0. The van der Waals surface area contributed by atoms with E-state index in [1.165, 1.54) is 17.0 Å². The molecular weight excluding hydrogens is 397 g/mol. The maximum absolute atomic E-state index is 12.9. The Morgan fingerprint density at radius 1 is 1.20 bits per heavy atom. The predicted octanol–water partition coefficient (Wildman–Crippen LogP) is 4.16. The van der Waals surface area contributed by atoms with Crippen LogP contribution in [0.25, 0.3) is 0 Å². The maximum Gasteiger partial charge on any atom is 0.416 e. The zero-order valence-electron chi connectivity index (χ0n) is 16.7. The number of hydrogen-bond acceptors (Lipinski definition) is 3. The molecule has 1 saturated heterocycles. The second kappa shape index (κ2) is 8.77. The van der Waals surface area contributed by atoms with Crippen molar-refractivity contribution in [1.29, 1.82) is 0 Å². The lowest BCUT2D eigenvalue weighted by atomic mass is 10.1. The van der Waals surface area contributed by atoms with Gasteiger partial charge in [0.2, 0.25) is 11.8 Å². The van der Waals surface area contributed by atoms with Gasteiger partial charge in [0.05, 0.1) is 17.6 Å². The van der Waals surface area contributed by atoms with Crippen LogP contribution >= 0.6 is 0 Å². The van der Waals surface area contributed by atoms with Crippen molar-refractivity contribution in [2.75, 3.05) is 11.4 Å². The Labute approximate surface area is 172 Å². The maximum atomic E-state index is 12.9. The van der Waals surface area contributed by atoms with Crippen LogP contribution in [0.4, 0.5) is 18.9 Å². The first kappa shape index (κ1) is 21.7. The van der Waals surface area contributed by atoms with E-state index >= 15 is 0 Å². The minimum absolute atomic E-state index is 0.0384.